The van der Waals surface area contributed by atoms with Crippen LogP contribution in [0.5, 0.6) is 5.75 Å². The average Bonchev–Trinajstić information content (AvgIpc) is 3.09. The highest BCUT2D eigenvalue weighted by atomic mass is 32.1. The van der Waals surface area contributed by atoms with Crippen LogP contribution in [0.15, 0.2) is 24.3 Å². The molecule has 3 N–H and O–H groups in total. The topological polar surface area (TPSA) is 60.2 Å². The second-order valence-electron chi connectivity index (χ2n) is 5.13. The van der Waals surface area contributed by atoms with Crippen LogP contribution >= 0.6 is 11.3 Å². The number of nitrogens with two attached hydrogens (primary N) is 1. The summed E-state index contributed by atoms with van der Waals surface area (Å²) in [5, 5.41) is 0.740. The zero-order valence-electron chi connectivity index (χ0n) is 11.6. The van der Waals surface area contributed by atoms with Gasteiger partial charge >= 0.3 is 0 Å². The fourth-order valence-corrected chi connectivity index (χ4v) is 3.49. The molecular formula is C15H19N3OS. The Labute approximate surface area is 123 Å². The van der Waals surface area contributed by atoms with Crippen molar-refractivity contribution in [1.82, 2.24) is 4.98 Å². The van der Waals surface area contributed by atoms with E-state index in [0.717, 1.165) is 27.0 Å². The Morgan fingerprint density at radius 2 is 1.95 bits per heavy atom. The van der Waals surface area contributed by atoms with Gasteiger partial charge in [0, 0.05) is 0 Å². The molecule has 1 aromatic heterocycles. The van der Waals surface area contributed by atoms with Crippen LogP contribution in [0, 0.1) is 6.92 Å². The molecule has 0 radical (unpaired) electrons. The first kappa shape index (κ1) is 13.4. The highest BCUT2D eigenvalue weighted by Crippen LogP contribution is 2.33. The summed E-state index contributed by atoms with van der Waals surface area (Å²) in [6, 6.07) is 8.26. The van der Waals surface area contributed by atoms with E-state index in [1.54, 1.807) is 11.3 Å². The molecule has 1 aliphatic rings. The minimum Gasteiger partial charge on any atom is -0.490 e. The zero-order valence-corrected chi connectivity index (χ0v) is 12.4. The number of nitrogens with one attached hydrogen (secondary N) is 1. The fraction of sp³-hybridized carbons (Fsp3) is 0.400. The molecule has 0 unspecified atom stereocenters. The minimum atomic E-state index is 0.402. The standard InChI is InChI=1S/C15H19N3OS/c1-10-14(20-15(17-10)18-16)11-6-8-13(9-7-11)19-12-4-2-3-5-12/h6-9,12H,2-5,16H2,1H3,(H,17,18). The number of ether oxygens (including phenoxy) is 1. The SMILES string of the molecule is Cc1nc(NN)sc1-c1ccc(OC2CCCC2)cc1. The molecule has 1 aromatic carbocycles. The average molecular weight is 289 g/mol. The molecular weight excluding hydrogens is 270 g/mol. The van der Waals surface area contributed by atoms with Crippen molar-refractivity contribution in [3.05, 3.63) is 30.0 Å². The number of rotatable bonds is 4. The second kappa shape index (κ2) is 5.81. The largest absolute Gasteiger partial charge is 0.490 e. The lowest BCUT2D eigenvalue weighted by molar-refractivity contribution is 0.210. The quantitative estimate of drug-likeness (QED) is 0.665. The van der Waals surface area contributed by atoms with E-state index in [9.17, 15) is 0 Å². The number of hydrogen-bond donors (Lipinski definition) is 2. The lowest BCUT2D eigenvalue weighted by Crippen LogP contribution is -2.10. The van der Waals surface area contributed by atoms with E-state index in [1.165, 1.54) is 25.7 Å². The summed E-state index contributed by atoms with van der Waals surface area (Å²) in [5.41, 5.74) is 4.75. The van der Waals surface area contributed by atoms with Crippen molar-refractivity contribution in [3.63, 3.8) is 0 Å². The predicted molar refractivity (Wildman–Crippen MR) is 83.0 cm³/mol. The van der Waals surface area contributed by atoms with Gasteiger partial charge in [0.05, 0.1) is 16.7 Å². The molecule has 0 atom stereocenters. The van der Waals surface area contributed by atoms with Gasteiger partial charge in [-0.3, -0.25) is 5.43 Å². The maximum Gasteiger partial charge on any atom is 0.197 e. The number of anilines is 1. The van der Waals surface area contributed by atoms with Gasteiger partial charge in [0.2, 0.25) is 0 Å². The summed E-state index contributed by atoms with van der Waals surface area (Å²) in [6.07, 6.45) is 5.34. The molecule has 4 nitrogen and oxygen atoms in total. The lowest BCUT2D eigenvalue weighted by atomic mass is 10.1. The number of aryl methyl sites for hydroxylation is 1. The molecule has 0 bridgehead atoms. The van der Waals surface area contributed by atoms with Gasteiger partial charge in [-0.25, -0.2) is 10.8 Å². The molecule has 0 spiro atoms. The first-order valence-electron chi connectivity index (χ1n) is 6.97. The van der Waals surface area contributed by atoms with Crippen molar-refractivity contribution >= 4 is 16.5 Å². The summed E-state index contributed by atoms with van der Waals surface area (Å²) < 4.78 is 5.98. The maximum absolute atomic E-state index is 5.98. The van der Waals surface area contributed by atoms with Gasteiger partial charge in [0.25, 0.3) is 0 Å². The van der Waals surface area contributed by atoms with Crippen LogP contribution < -0.4 is 16.0 Å². The molecule has 1 fully saturated rings. The first-order valence-corrected chi connectivity index (χ1v) is 7.79. The van der Waals surface area contributed by atoms with Crippen molar-refractivity contribution in [2.75, 3.05) is 5.43 Å². The van der Waals surface area contributed by atoms with Crippen LogP contribution in [-0.4, -0.2) is 11.1 Å². The van der Waals surface area contributed by atoms with Crippen molar-refractivity contribution in [1.29, 1.82) is 0 Å². The van der Waals surface area contributed by atoms with Gasteiger partial charge in [0.15, 0.2) is 5.13 Å². The van der Waals surface area contributed by atoms with Gasteiger partial charge < -0.3 is 4.74 Å². The van der Waals surface area contributed by atoms with Crippen molar-refractivity contribution in [3.8, 4) is 16.2 Å². The highest BCUT2D eigenvalue weighted by Gasteiger charge is 2.16. The third-order valence-electron chi connectivity index (χ3n) is 3.64. The Hall–Kier alpha value is -1.59. The summed E-state index contributed by atoms with van der Waals surface area (Å²) >= 11 is 1.56. The smallest absolute Gasteiger partial charge is 0.197 e. The number of hydrazine groups is 1. The van der Waals surface area contributed by atoms with Crippen molar-refractivity contribution < 1.29 is 4.74 Å². The number of benzene rings is 1. The summed E-state index contributed by atoms with van der Waals surface area (Å²) in [5.74, 6) is 6.36. The van der Waals surface area contributed by atoms with Gasteiger partial charge in [-0.2, -0.15) is 0 Å². The van der Waals surface area contributed by atoms with E-state index in [4.69, 9.17) is 10.6 Å². The van der Waals surface area contributed by atoms with Crippen LogP contribution in [0.3, 0.4) is 0 Å². The molecule has 0 aliphatic heterocycles. The second-order valence-corrected chi connectivity index (χ2v) is 6.13. The Morgan fingerprint density at radius 1 is 1.25 bits per heavy atom. The summed E-state index contributed by atoms with van der Waals surface area (Å²) in [6.45, 7) is 2.00. The van der Waals surface area contributed by atoms with E-state index in [-0.39, 0.29) is 0 Å². The number of aromatic nitrogens is 1. The molecule has 1 heterocycles. The fourth-order valence-electron chi connectivity index (χ4n) is 2.61. The van der Waals surface area contributed by atoms with Gasteiger partial charge in [0.1, 0.15) is 5.75 Å². The van der Waals surface area contributed by atoms with Crippen LogP contribution in [-0.2, 0) is 0 Å². The molecule has 0 saturated heterocycles. The van der Waals surface area contributed by atoms with Gasteiger partial charge in [-0.05, 0) is 62.4 Å². The van der Waals surface area contributed by atoms with Crippen LogP contribution in [0.1, 0.15) is 31.4 Å². The molecule has 2 aromatic rings. The number of nitrogen functional groups attached to an aromatic ring is 1. The molecule has 5 heteroatoms. The third-order valence-corrected chi connectivity index (χ3v) is 4.78. The molecule has 1 aliphatic carbocycles. The van der Waals surface area contributed by atoms with E-state index >= 15 is 0 Å². The summed E-state index contributed by atoms with van der Waals surface area (Å²) in [7, 11) is 0. The van der Waals surface area contributed by atoms with Crippen molar-refractivity contribution in [2.24, 2.45) is 5.84 Å². The molecule has 0 amide bonds. The van der Waals surface area contributed by atoms with Crippen LogP contribution in [0.2, 0.25) is 0 Å². The van der Waals surface area contributed by atoms with E-state index in [2.05, 4.69) is 22.5 Å². The van der Waals surface area contributed by atoms with E-state index < -0.39 is 0 Å². The van der Waals surface area contributed by atoms with E-state index in [1.807, 2.05) is 19.1 Å². The van der Waals surface area contributed by atoms with Gasteiger partial charge in [-0.1, -0.05) is 11.3 Å². The number of thiazole rings is 1. The Bertz CT molecular complexity index is 573. The zero-order chi connectivity index (χ0) is 13.9. The first-order chi connectivity index (χ1) is 9.76. The van der Waals surface area contributed by atoms with Crippen molar-refractivity contribution in [2.45, 2.75) is 38.7 Å². The van der Waals surface area contributed by atoms with Crippen LogP contribution in [0.4, 0.5) is 5.13 Å². The van der Waals surface area contributed by atoms with Gasteiger partial charge in [-0.15, -0.1) is 0 Å². The lowest BCUT2D eigenvalue weighted by Gasteiger charge is -2.13. The third kappa shape index (κ3) is 2.78. The number of hydrogen-bond acceptors (Lipinski definition) is 5. The van der Waals surface area contributed by atoms with E-state index in [0.29, 0.717) is 6.10 Å². The molecule has 1 saturated carbocycles. The maximum atomic E-state index is 5.98. The highest BCUT2D eigenvalue weighted by molar-refractivity contribution is 7.19. The minimum absolute atomic E-state index is 0.402. The summed E-state index contributed by atoms with van der Waals surface area (Å²) in [4.78, 5) is 5.51. The normalized spacial score (nSPS) is 15.5. The Balaban J connectivity index is 1.76. The Kier molecular flexibility index (Phi) is 3.89. The predicted octanol–water partition coefficient (Wildman–Crippen LogP) is 3.73. The molecule has 106 valence electrons. The molecule has 20 heavy (non-hydrogen) atoms. The Morgan fingerprint density at radius 3 is 2.55 bits per heavy atom. The number of nitrogens with zero attached hydrogens (tertiary/aromatic N) is 1. The molecule has 3 rings (SSSR count). The van der Waals surface area contributed by atoms with Crippen LogP contribution in [0.25, 0.3) is 10.4 Å². The monoisotopic (exact) mass is 289 g/mol.